The molecule has 3 aromatic rings. The Morgan fingerprint density at radius 1 is 1.21 bits per heavy atom. The van der Waals surface area contributed by atoms with E-state index in [1.807, 2.05) is 23.6 Å². The number of benzene rings is 2. The van der Waals surface area contributed by atoms with Crippen LogP contribution in [-0.2, 0) is 11.3 Å². The number of nitrogens with one attached hydrogen (secondary N) is 1. The highest BCUT2D eigenvalue weighted by Gasteiger charge is 2.16. The summed E-state index contributed by atoms with van der Waals surface area (Å²) in [6.45, 7) is 2.58. The Bertz CT molecular complexity index is 1060. The van der Waals surface area contributed by atoms with Crippen molar-refractivity contribution in [3.63, 3.8) is 0 Å². The number of hydrogen-bond donors (Lipinski definition) is 1. The number of rotatable bonds is 7. The number of nitro groups is 1. The zero-order valence-electron chi connectivity index (χ0n) is 15.1. The lowest BCUT2D eigenvalue weighted by Crippen LogP contribution is -2.14. The van der Waals surface area contributed by atoms with E-state index in [4.69, 9.17) is 23.2 Å². The van der Waals surface area contributed by atoms with Crippen LogP contribution in [0.15, 0.2) is 47.6 Å². The van der Waals surface area contributed by atoms with Crippen molar-refractivity contribution in [3.05, 3.63) is 62.6 Å². The molecule has 0 saturated heterocycles. The van der Waals surface area contributed by atoms with Gasteiger partial charge in [-0.05, 0) is 43.3 Å². The second-order valence-corrected chi connectivity index (χ2v) is 7.60. The highest BCUT2D eigenvalue weighted by atomic mass is 35.5. The van der Waals surface area contributed by atoms with Gasteiger partial charge in [0.1, 0.15) is 5.02 Å². The molecule has 0 aliphatic carbocycles. The van der Waals surface area contributed by atoms with Crippen molar-refractivity contribution < 1.29 is 9.72 Å². The minimum absolute atomic E-state index is 0.00755. The van der Waals surface area contributed by atoms with E-state index < -0.39 is 4.92 Å². The average Bonchev–Trinajstić information content (AvgIpc) is 3.11. The number of hydrogen-bond acceptors (Lipinski definition) is 6. The van der Waals surface area contributed by atoms with E-state index in [1.165, 1.54) is 30.0 Å². The van der Waals surface area contributed by atoms with Gasteiger partial charge in [0.15, 0.2) is 11.0 Å². The van der Waals surface area contributed by atoms with Crippen LogP contribution in [-0.4, -0.2) is 31.3 Å². The molecule has 1 aromatic heterocycles. The normalized spacial score (nSPS) is 10.7. The van der Waals surface area contributed by atoms with Gasteiger partial charge in [-0.15, -0.1) is 10.2 Å². The van der Waals surface area contributed by atoms with Gasteiger partial charge < -0.3 is 9.88 Å². The SMILES string of the molecule is CCn1c(SCC(=O)Nc2ccc(Cl)c([N+](=O)[O-])c2)nnc1-c1ccc(Cl)cc1. The maximum Gasteiger partial charge on any atom is 0.289 e. The van der Waals surface area contributed by atoms with Crippen molar-refractivity contribution in [2.45, 2.75) is 18.6 Å². The van der Waals surface area contributed by atoms with Crippen molar-refractivity contribution in [2.75, 3.05) is 11.1 Å². The van der Waals surface area contributed by atoms with E-state index in [-0.39, 0.29) is 22.4 Å². The third-order valence-electron chi connectivity index (χ3n) is 3.89. The highest BCUT2D eigenvalue weighted by molar-refractivity contribution is 7.99. The molecule has 2 aromatic carbocycles. The van der Waals surface area contributed by atoms with E-state index >= 15 is 0 Å². The second kappa shape index (κ2) is 9.25. The summed E-state index contributed by atoms with van der Waals surface area (Å²) in [7, 11) is 0. The Kier molecular flexibility index (Phi) is 6.73. The van der Waals surface area contributed by atoms with Gasteiger partial charge in [-0.1, -0.05) is 35.0 Å². The molecule has 0 aliphatic rings. The zero-order valence-corrected chi connectivity index (χ0v) is 17.5. The van der Waals surface area contributed by atoms with Crippen LogP contribution in [0.1, 0.15) is 6.92 Å². The van der Waals surface area contributed by atoms with Gasteiger partial charge in [0.05, 0.1) is 10.7 Å². The number of thioether (sulfide) groups is 1. The number of anilines is 1. The molecular weight excluding hydrogens is 437 g/mol. The molecule has 8 nitrogen and oxygen atoms in total. The smallest absolute Gasteiger partial charge is 0.289 e. The second-order valence-electron chi connectivity index (χ2n) is 5.82. The van der Waals surface area contributed by atoms with Crippen LogP contribution in [0.25, 0.3) is 11.4 Å². The lowest BCUT2D eigenvalue weighted by molar-refractivity contribution is -0.384. The summed E-state index contributed by atoms with van der Waals surface area (Å²) >= 11 is 12.9. The predicted octanol–water partition coefficient (Wildman–Crippen LogP) is 4.91. The van der Waals surface area contributed by atoms with Crippen LogP contribution in [0.2, 0.25) is 10.0 Å². The minimum Gasteiger partial charge on any atom is -0.325 e. The Hall–Kier alpha value is -2.62. The monoisotopic (exact) mass is 451 g/mol. The van der Waals surface area contributed by atoms with Crippen molar-refractivity contribution in [3.8, 4) is 11.4 Å². The molecule has 0 fully saturated rings. The van der Waals surface area contributed by atoms with Crippen LogP contribution in [0.5, 0.6) is 0 Å². The molecule has 1 amide bonds. The lowest BCUT2D eigenvalue weighted by Gasteiger charge is -2.08. The van der Waals surface area contributed by atoms with E-state index in [2.05, 4.69) is 15.5 Å². The summed E-state index contributed by atoms with van der Waals surface area (Å²) < 4.78 is 1.90. The van der Waals surface area contributed by atoms with Gasteiger partial charge in [0.25, 0.3) is 5.69 Å². The minimum atomic E-state index is -0.602. The Labute approximate surface area is 180 Å². The molecule has 11 heteroatoms. The molecule has 1 N–H and O–H groups in total. The van der Waals surface area contributed by atoms with E-state index in [1.54, 1.807) is 12.1 Å². The van der Waals surface area contributed by atoms with Crippen molar-refractivity contribution in [1.29, 1.82) is 0 Å². The third kappa shape index (κ3) is 5.06. The standard InChI is InChI=1S/C18H15Cl2N5O3S/c1-2-24-17(11-3-5-12(19)6-4-11)22-23-18(24)29-10-16(26)21-13-7-8-14(20)15(9-13)25(27)28/h3-9H,2,10H2,1H3,(H,21,26). The fourth-order valence-corrected chi connectivity index (χ4v) is 3.67. The Morgan fingerprint density at radius 2 is 1.93 bits per heavy atom. The van der Waals surface area contributed by atoms with Crippen LogP contribution in [0, 0.1) is 10.1 Å². The van der Waals surface area contributed by atoms with Crippen LogP contribution < -0.4 is 5.32 Å². The summed E-state index contributed by atoms with van der Waals surface area (Å²) in [6.07, 6.45) is 0. The van der Waals surface area contributed by atoms with Crippen molar-refractivity contribution in [2.24, 2.45) is 0 Å². The number of halogens is 2. The van der Waals surface area contributed by atoms with E-state index in [9.17, 15) is 14.9 Å². The molecule has 0 bridgehead atoms. The summed E-state index contributed by atoms with van der Waals surface area (Å²) in [4.78, 5) is 22.6. The maximum absolute atomic E-state index is 12.3. The summed E-state index contributed by atoms with van der Waals surface area (Å²) in [5, 5.41) is 23.2. The first-order valence-corrected chi connectivity index (χ1v) is 10.2. The predicted molar refractivity (Wildman–Crippen MR) is 114 cm³/mol. The number of carbonyl (C=O) groups excluding carboxylic acids is 1. The summed E-state index contributed by atoms with van der Waals surface area (Å²) in [5.74, 6) is 0.417. The molecule has 3 rings (SSSR count). The molecule has 0 aliphatic heterocycles. The summed E-state index contributed by atoms with van der Waals surface area (Å²) in [5.41, 5.74) is 0.898. The van der Waals surface area contributed by atoms with E-state index in [0.717, 1.165) is 5.56 Å². The van der Waals surface area contributed by atoms with Crippen LogP contribution >= 0.6 is 35.0 Å². The van der Waals surface area contributed by atoms with Gasteiger partial charge in [-0.25, -0.2) is 0 Å². The number of amides is 1. The van der Waals surface area contributed by atoms with Crippen molar-refractivity contribution in [1.82, 2.24) is 14.8 Å². The average molecular weight is 452 g/mol. The van der Waals surface area contributed by atoms with Crippen molar-refractivity contribution >= 4 is 52.2 Å². The quantitative estimate of drug-likeness (QED) is 0.310. The van der Waals surface area contributed by atoms with Gasteiger partial charge >= 0.3 is 0 Å². The third-order valence-corrected chi connectivity index (χ3v) is 5.43. The number of nitrogens with zero attached hydrogens (tertiary/aromatic N) is 4. The zero-order chi connectivity index (χ0) is 21.0. The molecule has 0 atom stereocenters. The first-order valence-electron chi connectivity index (χ1n) is 8.44. The lowest BCUT2D eigenvalue weighted by atomic mass is 10.2. The first-order chi connectivity index (χ1) is 13.9. The maximum atomic E-state index is 12.3. The molecular formula is C18H15Cl2N5O3S. The summed E-state index contributed by atoms with van der Waals surface area (Å²) in [6, 6.07) is 11.4. The van der Waals surface area contributed by atoms with Gasteiger partial charge in [0.2, 0.25) is 5.91 Å². The molecule has 150 valence electrons. The Balaban J connectivity index is 1.68. The number of aromatic nitrogens is 3. The number of carbonyl (C=O) groups is 1. The fraction of sp³-hybridized carbons (Fsp3) is 0.167. The van der Waals surface area contributed by atoms with Gasteiger partial charge in [-0.3, -0.25) is 14.9 Å². The van der Waals surface area contributed by atoms with E-state index in [0.29, 0.717) is 28.2 Å². The van der Waals surface area contributed by atoms with Gasteiger partial charge in [0, 0.05) is 28.9 Å². The number of nitro benzene ring substituents is 1. The molecule has 0 radical (unpaired) electrons. The topological polar surface area (TPSA) is 103 Å². The molecule has 0 unspecified atom stereocenters. The molecule has 29 heavy (non-hydrogen) atoms. The largest absolute Gasteiger partial charge is 0.325 e. The van der Waals surface area contributed by atoms with Gasteiger partial charge in [-0.2, -0.15) is 0 Å². The van der Waals surface area contributed by atoms with Crippen LogP contribution in [0.4, 0.5) is 11.4 Å². The molecule has 0 saturated carbocycles. The fourth-order valence-electron chi connectivity index (χ4n) is 2.55. The van der Waals surface area contributed by atoms with Crippen LogP contribution in [0.3, 0.4) is 0 Å². The highest BCUT2D eigenvalue weighted by Crippen LogP contribution is 2.28. The Morgan fingerprint density at radius 3 is 2.59 bits per heavy atom. The first kappa shape index (κ1) is 21.1. The molecule has 1 heterocycles. The molecule has 0 spiro atoms.